The second-order valence-electron chi connectivity index (χ2n) is 17.3. The number of guanidine groups is 3. The predicted molar refractivity (Wildman–Crippen MR) is 218 cm³/mol. The highest BCUT2D eigenvalue weighted by Gasteiger charge is 2.66. The van der Waals surface area contributed by atoms with Gasteiger partial charge in [0.1, 0.15) is 0 Å². The lowest BCUT2D eigenvalue weighted by Gasteiger charge is -2.64. The van der Waals surface area contributed by atoms with Crippen LogP contribution in [0.25, 0.3) is 0 Å². The van der Waals surface area contributed by atoms with E-state index in [4.69, 9.17) is 48.6 Å². The predicted octanol–water partition coefficient (Wildman–Crippen LogP) is 3.39. The molecule has 0 saturated heterocycles. The third-order valence-corrected chi connectivity index (χ3v) is 14.1. The van der Waals surface area contributed by atoms with Gasteiger partial charge in [0.2, 0.25) is 0 Å². The zero-order chi connectivity index (χ0) is 38.9. The monoisotopic (exact) mass is 753 g/mol. The van der Waals surface area contributed by atoms with E-state index in [1.165, 1.54) is 31.2 Å². The van der Waals surface area contributed by atoms with Gasteiger partial charge in [-0.2, -0.15) is 0 Å². The Kier molecular flexibility index (Phi) is 14.9. The van der Waals surface area contributed by atoms with Crippen LogP contribution in [0.3, 0.4) is 0 Å². The second-order valence-corrected chi connectivity index (χ2v) is 17.3. The normalized spacial score (nSPS) is 33.6. The quantitative estimate of drug-likeness (QED) is 0.0687. The van der Waals surface area contributed by atoms with Crippen LogP contribution in [0.5, 0.6) is 0 Å². The molecule has 11 atom stereocenters. The Morgan fingerprint density at radius 3 is 2.07 bits per heavy atom. The molecule has 0 heterocycles. The Morgan fingerprint density at radius 2 is 1.43 bits per heavy atom. The van der Waals surface area contributed by atoms with Gasteiger partial charge in [0.15, 0.2) is 17.9 Å². The Bertz CT molecular complexity index is 1400. The molecule has 4 aliphatic rings. The van der Waals surface area contributed by atoms with Gasteiger partial charge in [-0.1, -0.05) is 51.1 Å². The highest BCUT2D eigenvalue weighted by Crippen LogP contribution is 2.69. The van der Waals surface area contributed by atoms with Gasteiger partial charge in [-0.15, -0.1) is 0 Å². The zero-order valence-electron chi connectivity index (χ0n) is 33.6. The van der Waals surface area contributed by atoms with Crippen LogP contribution in [0.4, 0.5) is 0 Å². The number of hydrogen-bond acceptors (Lipinski definition) is 7. The van der Waals surface area contributed by atoms with E-state index in [-0.39, 0.29) is 47.0 Å². The summed E-state index contributed by atoms with van der Waals surface area (Å²) in [5.41, 5.74) is 35.5. The van der Waals surface area contributed by atoms with Crippen LogP contribution in [-0.4, -0.2) is 94.1 Å². The van der Waals surface area contributed by atoms with E-state index in [1.54, 1.807) is 0 Å². The maximum atomic E-state index is 7.01. The van der Waals surface area contributed by atoms with Crippen LogP contribution < -0.4 is 34.4 Å². The number of nitrogens with two attached hydrogens (primary N) is 6. The fourth-order valence-corrected chi connectivity index (χ4v) is 11.6. The first-order valence-corrected chi connectivity index (χ1v) is 20.6. The van der Waals surface area contributed by atoms with E-state index in [2.05, 4.69) is 78.0 Å². The molecule has 0 aliphatic heterocycles. The van der Waals surface area contributed by atoms with E-state index in [0.717, 1.165) is 45.2 Å². The van der Waals surface area contributed by atoms with Gasteiger partial charge in [0.05, 0.1) is 57.8 Å². The zero-order valence-corrected chi connectivity index (χ0v) is 33.6. The van der Waals surface area contributed by atoms with Crippen molar-refractivity contribution >= 4 is 17.9 Å². The number of aliphatic imine (C=N–C) groups is 3. The first-order valence-electron chi connectivity index (χ1n) is 20.6. The summed E-state index contributed by atoms with van der Waals surface area (Å²) < 4.78 is 20.3. The van der Waals surface area contributed by atoms with Crippen LogP contribution in [0, 0.1) is 46.3 Å². The molecule has 12 N–H and O–H groups in total. The smallest absolute Gasteiger partial charge is 0.185 e. The van der Waals surface area contributed by atoms with Crippen LogP contribution in [0.1, 0.15) is 84.1 Å². The standard InChI is InChI=1S/C41H72N10O3/c1-27(9-8-19-51(4)26-28-10-6-5-7-11-28)31-12-13-32-36-33(25-35(41(31,32)3)54-22-18-50-39(46)47)40(2)15-14-30(52-20-16-48-37(42)43)23-29(40)24-34(36)53-21-17-49-38(44)45/h5-7,10-11,27,29-36H,8-9,12-26H2,1-4H3,(H4,42,43,48)(H4,44,45,49)(H4,46,47,50)/t27?,29?,30?,31-,32?,33?,34?,35?,36?,40+,41-/m1/s1. The molecule has 4 aliphatic carbocycles. The summed E-state index contributed by atoms with van der Waals surface area (Å²) >= 11 is 0. The van der Waals surface area contributed by atoms with Crippen LogP contribution in [0.15, 0.2) is 45.3 Å². The van der Waals surface area contributed by atoms with E-state index in [0.29, 0.717) is 75.0 Å². The topological polar surface area (TPSA) is 224 Å². The van der Waals surface area contributed by atoms with Gasteiger partial charge in [-0.05, 0) is 118 Å². The van der Waals surface area contributed by atoms with Crippen LogP contribution in [-0.2, 0) is 20.8 Å². The Hall–Kier alpha value is -3.13. The molecule has 8 unspecified atom stereocenters. The van der Waals surface area contributed by atoms with E-state index in [1.807, 2.05) is 0 Å². The maximum Gasteiger partial charge on any atom is 0.185 e. The van der Waals surface area contributed by atoms with Gasteiger partial charge in [0.25, 0.3) is 0 Å². The van der Waals surface area contributed by atoms with Crippen molar-refractivity contribution in [1.29, 1.82) is 0 Å². The Balaban J connectivity index is 1.36. The van der Waals surface area contributed by atoms with Crippen molar-refractivity contribution < 1.29 is 14.2 Å². The minimum absolute atomic E-state index is 0.00477. The van der Waals surface area contributed by atoms with Crippen molar-refractivity contribution in [3.63, 3.8) is 0 Å². The summed E-state index contributed by atoms with van der Waals surface area (Å²) in [6.07, 6.45) is 10.4. The second kappa shape index (κ2) is 19.1. The lowest BCUT2D eigenvalue weighted by molar-refractivity contribution is -0.226. The first-order chi connectivity index (χ1) is 25.8. The molecule has 0 amide bonds. The third-order valence-electron chi connectivity index (χ3n) is 14.1. The van der Waals surface area contributed by atoms with E-state index >= 15 is 0 Å². The molecule has 5 rings (SSSR count). The molecule has 0 radical (unpaired) electrons. The largest absolute Gasteiger partial charge is 0.376 e. The Morgan fingerprint density at radius 1 is 0.796 bits per heavy atom. The van der Waals surface area contributed by atoms with Crippen molar-refractivity contribution in [3.8, 4) is 0 Å². The van der Waals surface area contributed by atoms with Crippen molar-refractivity contribution in [2.45, 2.75) is 103 Å². The molecule has 1 aromatic carbocycles. The van der Waals surface area contributed by atoms with Gasteiger partial charge >= 0.3 is 0 Å². The third kappa shape index (κ3) is 10.2. The van der Waals surface area contributed by atoms with Crippen molar-refractivity contribution in [3.05, 3.63) is 35.9 Å². The van der Waals surface area contributed by atoms with Gasteiger partial charge in [0, 0.05) is 12.0 Å². The molecule has 13 nitrogen and oxygen atoms in total. The van der Waals surface area contributed by atoms with Gasteiger partial charge in [-0.3, -0.25) is 15.0 Å². The van der Waals surface area contributed by atoms with Gasteiger partial charge in [-0.25, -0.2) is 0 Å². The number of nitrogens with zero attached hydrogens (tertiary/aromatic N) is 4. The average molecular weight is 753 g/mol. The number of benzene rings is 1. The summed E-state index contributed by atoms with van der Waals surface area (Å²) in [5.74, 6) is 3.27. The van der Waals surface area contributed by atoms with Crippen LogP contribution >= 0.6 is 0 Å². The molecule has 0 bridgehead atoms. The molecule has 0 aromatic heterocycles. The summed E-state index contributed by atoms with van der Waals surface area (Å²) in [4.78, 5) is 15.1. The lowest BCUT2D eigenvalue weighted by Crippen LogP contribution is -2.63. The molecular weight excluding hydrogens is 681 g/mol. The minimum Gasteiger partial charge on any atom is -0.376 e. The minimum atomic E-state index is 0.00477. The van der Waals surface area contributed by atoms with Crippen molar-refractivity contribution in [2.24, 2.45) is 95.7 Å². The molecule has 13 heteroatoms. The number of rotatable bonds is 19. The molecule has 4 saturated carbocycles. The molecule has 54 heavy (non-hydrogen) atoms. The fourth-order valence-electron chi connectivity index (χ4n) is 11.6. The SMILES string of the molecule is CC(CCCN(C)Cc1ccccc1)[C@H]1CCC2C3C(OCCN=C(N)N)CC4CC(OCCN=C(N)N)CC[C@]4(C)C3CC(OCCN=C(N)N)[C@@]21C. The van der Waals surface area contributed by atoms with Crippen molar-refractivity contribution in [1.82, 2.24) is 4.90 Å². The summed E-state index contributed by atoms with van der Waals surface area (Å²) in [7, 11) is 2.24. The number of ether oxygens (including phenoxy) is 3. The van der Waals surface area contributed by atoms with E-state index in [9.17, 15) is 0 Å². The fraction of sp³-hybridized carbons (Fsp3) is 0.780. The number of hydrogen-bond donors (Lipinski definition) is 6. The number of fused-ring (bicyclic) bond motifs is 5. The molecule has 304 valence electrons. The average Bonchev–Trinajstić information content (AvgIpc) is 3.48. The van der Waals surface area contributed by atoms with Crippen molar-refractivity contribution in [2.75, 3.05) is 53.0 Å². The molecular formula is C41H72N10O3. The van der Waals surface area contributed by atoms with Crippen LogP contribution in [0.2, 0.25) is 0 Å². The van der Waals surface area contributed by atoms with E-state index < -0.39 is 0 Å². The summed E-state index contributed by atoms with van der Waals surface area (Å²) in [5, 5.41) is 0. The Labute approximate surface area is 324 Å². The summed E-state index contributed by atoms with van der Waals surface area (Å²) in [6, 6.07) is 10.8. The van der Waals surface area contributed by atoms with Gasteiger partial charge < -0.3 is 53.5 Å². The highest BCUT2D eigenvalue weighted by molar-refractivity contribution is 5.76. The lowest BCUT2D eigenvalue weighted by atomic mass is 9.43. The summed E-state index contributed by atoms with van der Waals surface area (Å²) in [6.45, 7) is 12.6. The maximum absolute atomic E-state index is 7.01. The molecule has 0 spiro atoms. The molecule has 1 aromatic rings. The first kappa shape index (κ1) is 42.0. The highest BCUT2D eigenvalue weighted by atomic mass is 16.5. The molecule has 4 fully saturated rings.